The van der Waals surface area contributed by atoms with Gasteiger partial charge in [0.2, 0.25) is 0 Å². The molecule has 0 heterocycles. The van der Waals surface area contributed by atoms with Gasteiger partial charge in [-0.15, -0.1) is 0 Å². The zero-order valence-corrected chi connectivity index (χ0v) is 6.30. The third kappa shape index (κ3) is 1.99. The molecule has 0 aliphatic heterocycles. The van der Waals surface area contributed by atoms with Crippen LogP contribution in [-0.4, -0.2) is 11.1 Å². The van der Waals surface area contributed by atoms with Crippen LogP contribution in [0.1, 0.15) is 22.3 Å². The average molecular weight is 190 g/mol. The van der Waals surface area contributed by atoms with Crippen LogP contribution in [0.25, 0.3) is 0 Å². The molecule has 70 valence electrons. The Kier molecular flexibility index (Phi) is 2.55. The summed E-state index contributed by atoms with van der Waals surface area (Å²) >= 11 is 0. The lowest BCUT2D eigenvalue weighted by Crippen LogP contribution is -2.01. The number of carboxylic acid groups (broad SMARTS) is 1. The maximum atomic E-state index is 12.7. The molecule has 0 fully saturated rings. The third-order valence-corrected chi connectivity index (χ3v) is 1.47. The number of halogens is 3. The Morgan fingerprint density at radius 1 is 1.38 bits per heavy atom. The number of aromatic carboxylic acids is 1. The van der Waals surface area contributed by atoms with E-state index in [0.717, 1.165) is 6.07 Å². The van der Waals surface area contributed by atoms with Crippen LogP contribution in [0.4, 0.5) is 13.2 Å². The van der Waals surface area contributed by atoms with E-state index in [0.29, 0.717) is 12.1 Å². The Bertz CT molecular complexity index is 336. The van der Waals surface area contributed by atoms with Gasteiger partial charge in [0.1, 0.15) is 5.82 Å². The Morgan fingerprint density at radius 2 is 2.00 bits per heavy atom. The normalized spacial score (nSPS) is 10.5. The molecule has 1 aromatic carbocycles. The lowest BCUT2D eigenvalue weighted by atomic mass is 10.1. The van der Waals surface area contributed by atoms with E-state index in [4.69, 9.17) is 5.11 Å². The topological polar surface area (TPSA) is 37.3 Å². The molecule has 0 saturated carbocycles. The van der Waals surface area contributed by atoms with Crippen molar-refractivity contribution >= 4 is 5.97 Å². The van der Waals surface area contributed by atoms with Crippen LogP contribution in [0.15, 0.2) is 18.2 Å². The van der Waals surface area contributed by atoms with Crippen molar-refractivity contribution in [2.24, 2.45) is 0 Å². The summed E-state index contributed by atoms with van der Waals surface area (Å²) in [7, 11) is 0. The summed E-state index contributed by atoms with van der Waals surface area (Å²) in [4.78, 5) is 10.3. The monoisotopic (exact) mass is 190 g/mol. The molecule has 0 bridgehead atoms. The highest BCUT2D eigenvalue weighted by atomic mass is 19.3. The molecule has 0 spiro atoms. The number of carbonyl (C=O) groups is 1. The van der Waals surface area contributed by atoms with Crippen molar-refractivity contribution in [3.05, 3.63) is 35.1 Å². The lowest BCUT2D eigenvalue weighted by molar-refractivity contribution is 0.0691. The summed E-state index contributed by atoms with van der Waals surface area (Å²) < 4.78 is 36.7. The van der Waals surface area contributed by atoms with Crippen LogP contribution >= 0.6 is 0 Å². The summed E-state index contributed by atoms with van der Waals surface area (Å²) in [6.45, 7) is 0. The molecule has 5 heteroatoms. The fourth-order valence-corrected chi connectivity index (χ4v) is 0.843. The van der Waals surface area contributed by atoms with Crippen molar-refractivity contribution in [1.82, 2.24) is 0 Å². The van der Waals surface area contributed by atoms with Crippen LogP contribution in [0.5, 0.6) is 0 Å². The van der Waals surface area contributed by atoms with Crippen LogP contribution in [0, 0.1) is 5.82 Å². The summed E-state index contributed by atoms with van der Waals surface area (Å²) in [6, 6.07) is 2.19. The second kappa shape index (κ2) is 3.47. The van der Waals surface area contributed by atoms with E-state index in [1.54, 1.807) is 0 Å². The maximum absolute atomic E-state index is 12.7. The predicted molar refractivity (Wildman–Crippen MR) is 38.3 cm³/mol. The van der Waals surface area contributed by atoms with Gasteiger partial charge in [-0.25, -0.2) is 18.0 Å². The molecule has 1 N–H and O–H groups in total. The predicted octanol–water partition coefficient (Wildman–Crippen LogP) is 2.46. The van der Waals surface area contributed by atoms with E-state index in [2.05, 4.69) is 0 Å². The first kappa shape index (κ1) is 9.57. The van der Waals surface area contributed by atoms with Crippen LogP contribution in [-0.2, 0) is 0 Å². The first-order valence-electron chi connectivity index (χ1n) is 3.33. The summed E-state index contributed by atoms with van der Waals surface area (Å²) in [5.41, 5.74) is -1.24. The van der Waals surface area contributed by atoms with Gasteiger partial charge >= 0.3 is 5.97 Å². The largest absolute Gasteiger partial charge is 0.478 e. The molecule has 13 heavy (non-hydrogen) atoms. The van der Waals surface area contributed by atoms with Gasteiger partial charge in [0, 0.05) is 5.56 Å². The zero-order valence-electron chi connectivity index (χ0n) is 6.30. The Hall–Kier alpha value is -1.52. The minimum absolute atomic E-state index is 0.501. The smallest absolute Gasteiger partial charge is 0.338 e. The molecule has 2 nitrogen and oxygen atoms in total. The highest BCUT2D eigenvalue weighted by Gasteiger charge is 2.14. The molecule has 0 aliphatic rings. The molecule has 0 atom stereocenters. The highest BCUT2D eigenvalue weighted by molar-refractivity contribution is 5.88. The average Bonchev–Trinajstić information content (AvgIpc) is 2.04. The standard InChI is InChI=1S/C8H5F3O2/c9-6-2-1-4(7(10)11)3-5(6)8(12)13/h1-3,7H,(H,12,13). The molecular formula is C8H5F3O2. The van der Waals surface area contributed by atoms with Gasteiger partial charge < -0.3 is 5.11 Å². The molecule has 0 aromatic heterocycles. The Morgan fingerprint density at radius 3 is 2.46 bits per heavy atom. The van der Waals surface area contributed by atoms with Gasteiger partial charge in [-0.05, 0) is 12.1 Å². The number of benzene rings is 1. The molecular weight excluding hydrogens is 185 g/mol. The number of hydrogen-bond acceptors (Lipinski definition) is 1. The van der Waals surface area contributed by atoms with E-state index in [9.17, 15) is 18.0 Å². The first-order valence-corrected chi connectivity index (χ1v) is 3.33. The zero-order chi connectivity index (χ0) is 10.0. The molecule has 0 saturated heterocycles. The van der Waals surface area contributed by atoms with Gasteiger partial charge in [0.25, 0.3) is 6.43 Å². The van der Waals surface area contributed by atoms with E-state index in [-0.39, 0.29) is 0 Å². The highest BCUT2D eigenvalue weighted by Crippen LogP contribution is 2.21. The fourth-order valence-electron chi connectivity index (χ4n) is 0.843. The van der Waals surface area contributed by atoms with E-state index < -0.39 is 29.3 Å². The Balaban J connectivity index is 3.19. The van der Waals surface area contributed by atoms with Crippen molar-refractivity contribution < 1.29 is 23.1 Å². The number of rotatable bonds is 2. The van der Waals surface area contributed by atoms with Crippen molar-refractivity contribution in [2.75, 3.05) is 0 Å². The molecule has 1 aromatic rings. The number of carboxylic acids is 1. The van der Waals surface area contributed by atoms with E-state index in [1.165, 1.54) is 0 Å². The van der Waals surface area contributed by atoms with Gasteiger partial charge in [0.15, 0.2) is 0 Å². The quantitative estimate of drug-likeness (QED) is 0.777. The second-order valence-electron chi connectivity index (χ2n) is 2.35. The fraction of sp³-hybridized carbons (Fsp3) is 0.125. The summed E-state index contributed by atoms with van der Waals surface area (Å²) in [5, 5.41) is 8.39. The van der Waals surface area contributed by atoms with Crippen LogP contribution in [0.3, 0.4) is 0 Å². The van der Waals surface area contributed by atoms with E-state index in [1.807, 2.05) is 0 Å². The lowest BCUT2D eigenvalue weighted by Gasteiger charge is -2.01. The van der Waals surface area contributed by atoms with E-state index >= 15 is 0 Å². The summed E-state index contributed by atoms with van der Waals surface area (Å²) in [6.07, 6.45) is -2.79. The van der Waals surface area contributed by atoms with Crippen molar-refractivity contribution in [1.29, 1.82) is 0 Å². The minimum atomic E-state index is -2.79. The number of alkyl halides is 2. The molecule has 0 aliphatic carbocycles. The van der Waals surface area contributed by atoms with Crippen molar-refractivity contribution in [3.8, 4) is 0 Å². The summed E-state index contributed by atoms with van der Waals surface area (Å²) in [5.74, 6) is -2.57. The second-order valence-corrected chi connectivity index (χ2v) is 2.35. The molecule has 0 amide bonds. The Labute approximate surface area is 71.6 Å². The van der Waals surface area contributed by atoms with Crippen molar-refractivity contribution in [3.63, 3.8) is 0 Å². The van der Waals surface area contributed by atoms with Gasteiger partial charge in [-0.1, -0.05) is 6.07 Å². The van der Waals surface area contributed by atoms with Crippen LogP contribution in [0.2, 0.25) is 0 Å². The maximum Gasteiger partial charge on any atom is 0.338 e. The van der Waals surface area contributed by atoms with Gasteiger partial charge in [0.05, 0.1) is 5.56 Å². The third-order valence-electron chi connectivity index (χ3n) is 1.47. The van der Waals surface area contributed by atoms with Crippen molar-refractivity contribution in [2.45, 2.75) is 6.43 Å². The number of hydrogen-bond donors (Lipinski definition) is 1. The van der Waals surface area contributed by atoms with Crippen LogP contribution < -0.4 is 0 Å². The first-order chi connectivity index (χ1) is 6.02. The van der Waals surface area contributed by atoms with Gasteiger partial charge in [-0.2, -0.15) is 0 Å². The molecule has 0 radical (unpaired) electrons. The molecule has 1 rings (SSSR count). The SMILES string of the molecule is O=C(O)c1cc(C(F)F)ccc1F. The molecule has 0 unspecified atom stereocenters. The van der Waals surface area contributed by atoms with Gasteiger partial charge in [-0.3, -0.25) is 0 Å². The minimum Gasteiger partial charge on any atom is -0.478 e.